The second-order valence-corrected chi connectivity index (χ2v) is 8.43. The summed E-state index contributed by atoms with van der Waals surface area (Å²) in [6, 6.07) is 13.2. The Labute approximate surface area is 192 Å². The van der Waals surface area contributed by atoms with Gasteiger partial charge in [0.1, 0.15) is 6.04 Å². The summed E-state index contributed by atoms with van der Waals surface area (Å²) in [7, 11) is 0. The molecule has 0 unspecified atom stereocenters. The summed E-state index contributed by atoms with van der Waals surface area (Å²) in [6.45, 7) is 4.50. The van der Waals surface area contributed by atoms with E-state index in [9.17, 15) is 19.2 Å². The minimum absolute atomic E-state index is 0.143. The molecule has 0 aliphatic carbocycles. The zero-order valence-electron chi connectivity index (χ0n) is 18.6. The Morgan fingerprint density at radius 1 is 1.03 bits per heavy atom. The molecular weight excluding hydrogens is 428 g/mol. The van der Waals surface area contributed by atoms with Crippen LogP contribution in [0.4, 0.5) is 5.69 Å². The van der Waals surface area contributed by atoms with Crippen LogP contribution in [0.1, 0.15) is 36.7 Å². The monoisotopic (exact) mass is 456 g/mol. The van der Waals surface area contributed by atoms with Crippen LogP contribution in [-0.4, -0.2) is 42.5 Å². The number of Topliss-reactive ketones (excluding diaryl/α,β-unsaturated/α-hetero) is 1. The summed E-state index contributed by atoms with van der Waals surface area (Å²) in [6.07, 6.45) is 2.01. The van der Waals surface area contributed by atoms with Gasteiger partial charge in [0, 0.05) is 17.4 Å². The molecule has 170 valence electrons. The molecule has 2 rings (SSSR count). The summed E-state index contributed by atoms with van der Waals surface area (Å²) in [4.78, 5) is 49.7. The number of carbonyl (C=O) groups is 4. The molecule has 2 amide bonds. The second-order valence-electron chi connectivity index (χ2n) is 7.58. The molecule has 0 fully saturated rings. The van der Waals surface area contributed by atoms with Crippen LogP contribution in [0.15, 0.2) is 53.4 Å². The standard InChI is InChI=1S/C24H28N2O5S/c1-15(2)23(26-22(29)12-17-8-6-5-7-9-17)24(30)31-14-20(28)18-10-11-21(32-4)19(13-18)25-16(3)27/h5-11,13,15,23H,12,14H2,1-4H3,(H,25,27)(H,26,29)/t23-/m0/s1. The Bertz CT molecular complexity index is 976. The maximum Gasteiger partial charge on any atom is 0.329 e. The van der Waals surface area contributed by atoms with Crippen molar-refractivity contribution in [1.82, 2.24) is 5.32 Å². The number of nitrogens with one attached hydrogen (secondary N) is 2. The van der Waals surface area contributed by atoms with Gasteiger partial charge in [0.2, 0.25) is 11.8 Å². The Balaban J connectivity index is 1.99. The van der Waals surface area contributed by atoms with Gasteiger partial charge < -0.3 is 15.4 Å². The molecule has 0 aliphatic rings. The van der Waals surface area contributed by atoms with Gasteiger partial charge in [0.15, 0.2) is 12.4 Å². The van der Waals surface area contributed by atoms with Crippen LogP contribution in [0, 0.1) is 5.92 Å². The predicted molar refractivity (Wildman–Crippen MR) is 125 cm³/mol. The van der Waals surface area contributed by atoms with Crippen molar-refractivity contribution in [2.75, 3.05) is 18.2 Å². The molecule has 0 radical (unpaired) electrons. The summed E-state index contributed by atoms with van der Waals surface area (Å²) >= 11 is 1.44. The number of hydrogen-bond acceptors (Lipinski definition) is 6. The fourth-order valence-corrected chi connectivity index (χ4v) is 3.52. The predicted octanol–water partition coefficient (Wildman–Crippen LogP) is 3.48. The van der Waals surface area contributed by atoms with Gasteiger partial charge in [0.25, 0.3) is 0 Å². The number of rotatable bonds is 10. The summed E-state index contributed by atoms with van der Waals surface area (Å²) < 4.78 is 5.21. The molecular formula is C24H28N2O5S. The van der Waals surface area contributed by atoms with Crippen LogP contribution in [-0.2, 0) is 25.5 Å². The summed E-state index contributed by atoms with van der Waals surface area (Å²) in [5.41, 5.74) is 1.67. The largest absolute Gasteiger partial charge is 0.456 e. The maximum atomic E-state index is 12.6. The molecule has 0 aromatic heterocycles. The second kappa shape index (κ2) is 12.0. The lowest BCUT2D eigenvalue weighted by Crippen LogP contribution is -2.46. The molecule has 2 aromatic carbocycles. The third-order valence-electron chi connectivity index (χ3n) is 4.62. The third kappa shape index (κ3) is 7.53. The Morgan fingerprint density at radius 2 is 1.72 bits per heavy atom. The Kier molecular flexibility index (Phi) is 9.46. The lowest BCUT2D eigenvalue weighted by Gasteiger charge is -2.21. The van der Waals surface area contributed by atoms with Gasteiger partial charge >= 0.3 is 5.97 Å². The lowest BCUT2D eigenvalue weighted by atomic mass is 10.0. The van der Waals surface area contributed by atoms with Crippen molar-refractivity contribution in [3.63, 3.8) is 0 Å². The molecule has 0 heterocycles. The van der Waals surface area contributed by atoms with Crippen molar-refractivity contribution >= 4 is 41.0 Å². The molecule has 2 N–H and O–H groups in total. The molecule has 0 saturated heterocycles. The van der Waals surface area contributed by atoms with E-state index in [1.54, 1.807) is 32.0 Å². The van der Waals surface area contributed by atoms with Gasteiger partial charge in [-0.1, -0.05) is 50.2 Å². The first-order chi connectivity index (χ1) is 15.2. The number of ketones is 1. The first-order valence-corrected chi connectivity index (χ1v) is 11.4. The van der Waals surface area contributed by atoms with Crippen molar-refractivity contribution in [2.24, 2.45) is 5.92 Å². The molecule has 1 atom stereocenters. The van der Waals surface area contributed by atoms with Gasteiger partial charge in [-0.3, -0.25) is 14.4 Å². The van der Waals surface area contributed by atoms with Crippen molar-refractivity contribution < 1.29 is 23.9 Å². The lowest BCUT2D eigenvalue weighted by molar-refractivity contribution is -0.148. The highest BCUT2D eigenvalue weighted by Crippen LogP contribution is 2.26. The molecule has 7 nitrogen and oxygen atoms in total. The summed E-state index contributed by atoms with van der Waals surface area (Å²) in [5, 5.41) is 5.39. The van der Waals surface area contributed by atoms with Crippen LogP contribution >= 0.6 is 11.8 Å². The van der Waals surface area contributed by atoms with Gasteiger partial charge in [-0.25, -0.2) is 4.79 Å². The zero-order valence-corrected chi connectivity index (χ0v) is 19.5. The van der Waals surface area contributed by atoms with Crippen molar-refractivity contribution in [1.29, 1.82) is 0 Å². The Morgan fingerprint density at radius 3 is 2.31 bits per heavy atom. The average molecular weight is 457 g/mol. The highest BCUT2D eigenvalue weighted by Gasteiger charge is 2.26. The van der Waals surface area contributed by atoms with E-state index in [-0.39, 0.29) is 24.2 Å². The number of benzene rings is 2. The van der Waals surface area contributed by atoms with E-state index in [1.165, 1.54) is 18.7 Å². The minimum atomic E-state index is -0.868. The average Bonchev–Trinajstić information content (AvgIpc) is 2.75. The Hall–Kier alpha value is -3.13. The van der Waals surface area contributed by atoms with E-state index >= 15 is 0 Å². The molecule has 32 heavy (non-hydrogen) atoms. The normalized spacial score (nSPS) is 11.5. The first kappa shape index (κ1) is 25.1. The minimum Gasteiger partial charge on any atom is -0.456 e. The van der Waals surface area contributed by atoms with E-state index in [4.69, 9.17) is 4.74 Å². The third-order valence-corrected chi connectivity index (χ3v) is 5.42. The van der Waals surface area contributed by atoms with E-state index in [1.807, 2.05) is 36.6 Å². The quantitative estimate of drug-likeness (QED) is 0.322. The van der Waals surface area contributed by atoms with Crippen LogP contribution in [0.2, 0.25) is 0 Å². The molecule has 0 bridgehead atoms. The first-order valence-electron chi connectivity index (χ1n) is 10.2. The van der Waals surface area contributed by atoms with Crippen LogP contribution in [0.3, 0.4) is 0 Å². The number of carbonyl (C=O) groups excluding carboxylic acids is 4. The zero-order chi connectivity index (χ0) is 23.7. The highest BCUT2D eigenvalue weighted by molar-refractivity contribution is 7.98. The molecule has 0 saturated carbocycles. The van der Waals surface area contributed by atoms with Gasteiger partial charge in [-0.05, 0) is 29.9 Å². The number of amides is 2. The smallest absolute Gasteiger partial charge is 0.329 e. The van der Waals surface area contributed by atoms with Crippen LogP contribution in [0.25, 0.3) is 0 Å². The maximum absolute atomic E-state index is 12.6. The van der Waals surface area contributed by atoms with Crippen molar-refractivity contribution in [2.45, 2.75) is 38.1 Å². The molecule has 8 heteroatoms. The fraction of sp³-hybridized carbons (Fsp3) is 0.333. The van der Waals surface area contributed by atoms with Gasteiger partial charge in [-0.15, -0.1) is 11.8 Å². The van der Waals surface area contributed by atoms with E-state index < -0.39 is 24.4 Å². The van der Waals surface area contributed by atoms with Crippen LogP contribution in [0.5, 0.6) is 0 Å². The van der Waals surface area contributed by atoms with Crippen molar-refractivity contribution in [3.8, 4) is 0 Å². The van der Waals surface area contributed by atoms with E-state index in [0.717, 1.165) is 10.5 Å². The van der Waals surface area contributed by atoms with Gasteiger partial charge in [0.05, 0.1) is 12.1 Å². The molecule has 0 spiro atoms. The summed E-state index contributed by atoms with van der Waals surface area (Å²) in [5.74, 6) is -1.84. The SMILES string of the molecule is CSc1ccc(C(=O)COC(=O)[C@@H](NC(=O)Cc2ccccc2)C(C)C)cc1NC(C)=O. The van der Waals surface area contributed by atoms with Gasteiger partial charge in [-0.2, -0.15) is 0 Å². The fourth-order valence-electron chi connectivity index (χ4n) is 2.98. The molecule has 2 aromatic rings. The number of esters is 1. The number of thioether (sulfide) groups is 1. The number of ether oxygens (including phenoxy) is 1. The van der Waals surface area contributed by atoms with E-state index in [2.05, 4.69) is 10.6 Å². The number of anilines is 1. The number of hydrogen-bond donors (Lipinski definition) is 2. The topological polar surface area (TPSA) is 102 Å². The highest BCUT2D eigenvalue weighted by atomic mass is 32.2. The van der Waals surface area contributed by atoms with Crippen molar-refractivity contribution in [3.05, 3.63) is 59.7 Å². The molecule has 0 aliphatic heterocycles. The van der Waals surface area contributed by atoms with E-state index in [0.29, 0.717) is 11.3 Å². The van der Waals surface area contributed by atoms with Crippen LogP contribution < -0.4 is 10.6 Å².